The van der Waals surface area contributed by atoms with E-state index in [9.17, 15) is 9.36 Å². The van der Waals surface area contributed by atoms with Crippen molar-refractivity contribution in [3.8, 4) is 0 Å². The average molecular weight is 244 g/mol. The molecule has 1 fully saturated rings. The first-order chi connectivity index (χ1) is 7.61. The molecule has 5 nitrogen and oxygen atoms in total. The second-order valence-electron chi connectivity index (χ2n) is 3.52. The minimum atomic E-state index is -2.62. The lowest BCUT2D eigenvalue weighted by atomic mass is 10.2. The summed E-state index contributed by atoms with van der Waals surface area (Å²) in [4.78, 5) is 21.9. The topological polar surface area (TPSA) is 66.8 Å². The summed E-state index contributed by atoms with van der Waals surface area (Å²) in [7, 11) is -2.62. The zero-order chi connectivity index (χ0) is 12.0. The van der Waals surface area contributed by atoms with E-state index in [0.717, 1.165) is 32.2 Å². The van der Waals surface area contributed by atoms with E-state index in [1.54, 1.807) is 17.9 Å². The molecule has 6 heteroatoms. The van der Waals surface area contributed by atoms with Crippen LogP contribution in [0.15, 0.2) is 24.0 Å². The molecule has 16 heavy (non-hydrogen) atoms. The maximum atomic E-state index is 11.7. The molecule has 0 aromatic carbocycles. The minimum Gasteiger partial charge on any atom is -0.339 e. The molecule has 0 aromatic rings. The third-order valence-electron chi connectivity index (χ3n) is 2.31. The summed E-state index contributed by atoms with van der Waals surface area (Å²) in [5.74, 6) is 0.00976. The van der Waals surface area contributed by atoms with Crippen LogP contribution >= 0.6 is 8.25 Å². The van der Waals surface area contributed by atoms with Gasteiger partial charge in [0, 0.05) is 23.2 Å². The van der Waals surface area contributed by atoms with Gasteiger partial charge < -0.3 is 4.90 Å². The molecule has 1 saturated heterocycles. The average Bonchev–Trinajstić information content (AvgIpc) is 2.76. The fourth-order valence-electron chi connectivity index (χ4n) is 1.51. The number of likely N-dealkylation sites (tertiary alicyclic amines) is 1. The van der Waals surface area contributed by atoms with Gasteiger partial charge in [0.25, 0.3) is 0 Å². The molecule has 1 atom stereocenters. The highest BCUT2D eigenvalue weighted by Crippen LogP contribution is 2.15. The first-order valence-electron chi connectivity index (χ1n) is 5.07. The second kappa shape index (κ2) is 6.40. The SMILES string of the molecule is C/C(=C/C=C/O[P+](=O)O)C(=O)N1CCCC1. The van der Waals surface area contributed by atoms with Crippen molar-refractivity contribution in [2.75, 3.05) is 13.1 Å². The number of allylic oxidation sites excluding steroid dienone is 2. The first-order valence-corrected chi connectivity index (χ1v) is 6.20. The van der Waals surface area contributed by atoms with Gasteiger partial charge in [0.1, 0.15) is 0 Å². The Hall–Kier alpha value is -1.19. The van der Waals surface area contributed by atoms with Gasteiger partial charge in [-0.15, -0.1) is 4.89 Å². The summed E-state index contributed by atoms with van der Waals surface area (Å²) in [6.07, 6.45) is 6.22. The number of carbonyl (C=O) groups excluding carboxylic acids is 1. The molecule has 0 saturated carbocycles. The van der Waals surface area contributed by atoms with E-state index in [4.69, 9.17) is 4.89 Å². The molecule has 0 bridgehead atoms. The minimum absolute atomic E-state index is 0.00976. The molecule has 1 heterocycles. The highest BCUT2D eigenvalue weighted by Gasteiger charge is 2.18. The maximum Gasteiger partial charge on any atom is 0.746 e. The maximum absolute atomic E-state index is 11.7. The molecule has 1 amide bonds. The van der Waals surface area contributed by atoms with Gasteiger partial charge in [-0.2, -0.15) is 0 Å². The molecule has 0 aromatic heterocycles. The van der Waals surface area contributed by atoms with Crippen LogP contribution in [0.25, 0.3) is 0 Å². The van der Waals surface area contributed by atoms with Crippen LogP contribution in [0, 0.1) is 0 Å². The van der Waals surface area contributed by atoms with Crippen LogP contribution in [0.2, 0.25) is 0 Å². The van der Waals surface area contributed by atoms with Gasteiger partial charge in [-0.3, -0.25) is 4.79 Å². The summed E-state index contributed by atoms with van der Waals surface area (Å²) in [6.45, 7) is 3.34. The van der Waals surface area contributed by atoms with Gasteiger partial charge in [0.2, 0.25) is 5.91 Å². The van der Waals surface area contributed by atoms with Crippen LogP contribution in [0.1, 0.15) is 19.8 Å². The third-order valence-corrected chi connectivity index (χ3v) is 2.61. The van der Waals surface area contributed by atoms with Crippen LogP contribution in [0.5, 0.6) is 0 Å². The van der Waals surface area contributed by atoms with E-state index >= 15 is 0 Å². The van der Waals surface area contributed by atoms with Crippen molar-refractivity contribution < 1.29 is 18.8 Å². The van der Waals surface area contributed by atoms with Crippen LogP contribution in [0.3, 0.4) is 0 Å². The Bertz CT molecular complexity index is 332. The number of nitrogens with zero attached hydrogens (tertiary/aromatic N) is 1. The second-order valence-corrected chi connectivity index (χ2v) is 4.21. The predicted octanol–water partition coefficient (Wildman–Crippen LogP) is 1.74. The highest BCUT2D eigenvalue weighted by atomic mass is 31.1. The van der Waals surface area contributed by atoms with Crippen molar-refractivity contribution in [1.29, 1.82) is 0 Å². The molecule has 1 aliphatic rings. The number of hydrogen-bond acceptors (Lipinski definition) is 3. The van der Waals surface area contributed by atoms with Crippen molar-refractivity contribution in [2.45, 2.75) is 19.8 Å². The summed E-state index contributed by atoms with van der Waals surface area (Å²) in [6, 6.07) is 0. The molecule has 0 aliphatic carbocycles. The molecule has 0 radical (unpaired) electrons. The van der Waals surface area contributed by atoms with Gasteiger partial charge in [-0.25, -0.2) is 4.52 Å². The first kappa shape index (κ1) is 12.9. The van der Waals surface area contributed by atoms with E-state index in [2.05, 4.69) is 4.52 Å². The molecule has 1 rings (SSSR count). The normalized spacial score (nSPS) is 18.0. The summed E-state index contributed by atoms with van der Waals surface area (Å²) in [5, 5.41) is 0. The molecule has 88 valence electrons. The van der Waals surface area contributed by atoms with Crippen LogP contribution in [-0.2, 0) is 13.9 Å². The van der Waals surface area contributed by atoms with Gasteiger partial charge in [0.15, 0.2) is 6.26 Å². The highest BCUT2D eigenvalue weighted by molar-refractivity contribution is 7.32. The number of hydrogen-bond donors (Lipinski definition) is 1. The predicted molar refractivity (Wildman–Crippen MR) is 59.6 cm³/mol. The van der Waals surface area contributed by atoms with Gasteiger partial charge in [-0.05, 0) is 25.8 Å². The Morgan fingerprint density at radius 1 is 1.44 bits per heavy atom. The Balaban J connectivity index is 2.45. The number of rotatable bonds is 4. The standard InChI is InChI=1S/C10H14NO4P/c1-9(5-4-8-15-16(13)14)10(12)11-6-2-3-7-11/h4-5,8H,2-3,6-7H2,1H3/p+1/b8-4+,9-5-. The van der Waals surface area contributed by atoms with E-state index in [0.29, 0.717) is 5.57 Å². The molecule has 1 aliphatic heterocycles. The fraction of sp³-hybridized carbons (Fsp3) is 0.500. The third kappa shape index (κ3) is 4.13. The number of carbonyl (C=O) groups is 1. The Labute approximate surface area is 95.3 Å². The smallest absolute Gasteiger partial charge is 0.339 e. The Morgan fingerprint density at radius 2 is 2.06 bits per heavy atom. The Kier molecular flexibility index (Phi) is 5.15. The summed E-state index contributed by atoms with van der Waals surface area (Å²) >= 11 is 0. The molecular formula is C10H15NO4P+. The zero-order valence-corrected chi connectivity index (χ0v) is 10.0. The summed E-state index contributed by atoms with van der Waals surface area (Å²) < 4.78 is 14.5. The van der Waals surface area contributed by atoms with Gasteiger partial charge in [0.05, 0.1) is 0 Å². The quantitative estimate of drug-likeness (QED) is 0.354. The van der Waals surface area contributed by atoms with Crippen LogP contribution in [-0.4, -0.2) is 28.8 Å². The van der Waals surface area contributed by atoms with Gasteiger partial charge in [-0.1, -0.05) is 6.08 Å². The van der Waals surface area contributed by atoms with Crippen LogP contribution in [0.4, 0.5) is 0 Å². The monoisotopic (exact) mass is 244 g/mol. The molecule has 1 unspecified atom stereocenters. The van der Waals surface area contributed by atoms with E-state index in [1.165, 1.54) is 6.08 Å². The number of amides is 1. The molecular weight excluding hydrogens is 229 g/mol. The molecule has 0 spiro atoms. The Morgan fingerprint density at radius 3 is 2.62 bits per heavy atom. The van der Waals surface area contributed by atoms with E-state index < -0.39 is 8.25 Å². The van der Waals surface area contributed by atoms with Crippen molar-refractivity contribution in [3.05, 3.63) is 24.0 Å². The summed E-state index contributed by atoms with van der Waals surface area (Å²) in [5.41, 5.74) is 0.593. The zero-order valence-electron chi connectivity index (χ0n) is 9.13. The van der Waals surface area contributed by atoms with Crippen LogP contribution < -0.4 is 0 Å². The van der Waals surface area contributed by atoms with E-state index in [-0.39, 0.29) is 5.91 Å². The van der Waals surface area contributed by atoms with Gasteiger partial charge >= 0.3 is 8.25 Å². The fourth-order valence-corrected chi connectivity index (χ4v) is 1.69. The van der Waals surface area contributed by atoms with Crippen molar-refractivity contribution in [2.24, 2.45) is 0 Å². The lowest BCUT2D eigenvalue weighted by molar-refractivity contribution is -0.126. The van der Waals surface area contributed by atoms with Crippen molar-refractivity contribution >= 4 is 14.2 Å². The lowest BCUT2D eigenvalue weighted by Gasteiger charge is -2.14. The van der Waals surface area contributed by atoms with Crippen molar-refractivity contribution in [1.82, 2.24) is 4.90 Å². The van der Waals surface area contributed by atoms with E-state index in [1.807, 2.05) is 0 Å². The largest absolute Gasteiger partial charge is 0.746 e. The lowest BCUT2D eigenvalue weighted by Crippen LogP contribution is -2.28. The van der Waals surface area contributed by atoms with Crippen molar-refractivity contribution in [3.63, 3.8) is 0 Å². The molecule has 1 N–H and O–H groups in total.